The molecule has 0 saturated heterocycles. The molecule has 0 saturated carbocycles. The second-order valence-electron chi connectivity index (χ2n) is 5.77. The van der Waals surface area contributed by atoms with Gasteiger partial charge in [0.25, 0.3) is 0 Å². The third kappa shape index (κ3) is 2.24. The molecular weight excluding hydrogens is 290 g/mol. The Morgan fingerprint density at radius 1 is 1.18 bits per heavy atom. The summed E-state index contributed by atoms with van der Waals surface area (Å²) in [4.78, 5) is 0. The lowest BCUT2D eigenvalue weighted by Gasteiger charge is -2.11. The van der Waals surface area contributed by atoms with Crippen molar-refractivity contribution in [1.82, 2.24) is 9.78 Å². The van der Waals surface area contributed by atoms with Crippen molar-refractivity contribution in [2.45, 2.75) is 26.2 Å². The van der Waals surface area contributed by atoms with Crippen LogP contribution < -0.4 is 5.32 Å². The van der Waals surface area contributed by atoms with Gasteiger partial charge in [0.1, 0.15) is 5.82 Å². The van der Waals surface area contributed by atoms with Gasteiger partial charge < -0.3 is 5.32 Å². The van der Waals surface area contributed by atoms with Crippen molar-refractivity contribution in [2.24, 2.45) is 0 Å². The average molecular weight is 309 g/mol. The van der Waals surface area contributed by atoms with Crippen molar-refractivity contribution in [3.05, 3.63) is 52.2 Å². The van der Waals surface area contributed by atoms with Gasteiger partial charge in [-0.25, -0.2) is 4.68 Å². The highest BCUT2D eigenvalue weighted by atomic mass is 32.1. The van der Waals surface area contributed by atoms with Gasteiger partial charge in [0.15, 0.2) is 0 Å². The minimum atomic E-state index is 1.02. The maximum Gasteiger partial charge on any atom is 0.133 e. The summed E-state index contributed by atoms with van der Waals surface area (Å²) in [6, 6.07) is 10.6. The molecule has 3 heterocycles. The van der Waals surface area contributed by atoms with Crippen LogP contribution in [0.2, 0.25) is 0 Å². The molecule has 0 aliphatic carbocycles. The standard InChI is InChI=1S/C18H19N3S/c1-13-6-2-3-8-16(13)21-18-15(7-4-5-10-19-18)17(20-21)14-9-11-22-12-14/h2-3,6,8-9,11-12,19H,4-5,7,10H2,1H3. The maximum atomic E-state index is 4.97. The Morgan fingerprint density at radius 3 is 2.91 bits per heavy atom. The first kappa shape index (κ1) is 13.6. The molecule has 0 unspecified atom stereocenters. The van der Waals surface area contributed by atoms with Gasteiger partial charge >= 0.3 is 0 Å². The lowest BCUT2D eigenvalue weighted by atomic mass is 10.1. The SMILES string of the molecule is Cc1ccccc1-n1nc(-c2ccsc2)c2c1NCCCC2. The smallest absolute Gasteiger partial charge is 0.133 e. The first-order valence-electron chi connectivity index (χ1n) is 7.79. The van der Waals surface area contributed by atoms with E-state index in [1.165, 1.54) is 35.3 Å². The third-order valence-electron chi connectivity index (χ3n) is 4.27. The quantitative estimate of drug-likeness (QED) is 0.746. The molecule has 0 fully saturated rings. The molecule has 0 spiro atoms. The van der Waals surface area contributed by atoms with Crippen LogP contribution in [-0.2, 0) is 6.42 Å². The molecule has 4 rings (SSSR count). The van der Waals surface area contributed by atoms with Gasteiger partial charge in [0, 0.05) is 23.1 Å². The minimum absolute atomic E-state index is 1.02. The highest BCUT2D eigenvalue weighted by Crippen LogP contribution is 2.35. The molecule has 0 bridgehead atoms. The van der Waals surface area contributed by atoms with Crippen LogP contribution in [0.4, 0.5) is 5.82 Å². The van der Waals surface area contributed by atoms with E-state index in [9.17, 15) is 0 Å². The fraction of sp³-hybridized carbons (Fsp3) is 0.278. The summed E-state index contributed by atoms with van der Waals surface area (Å²) in [5.74, 6) is 1.17. The molecule has 1 aliphatic heterocycles. The van der Waals surface area contributed by atoms with Crippen LogP contribution in [0.25, 0.3) is 16.9 Å². The summed E-state index contributed by atoms with van der Waals surface area (Å²) in [7, 11) is 0. The van der Waals surface area contributed by atoms with Crippen LogP contribution >= 0.6 is 11.3 Å². The summed E-state index contributed by atoms with van der Waals surface area (Å²) in [6.45, 7) is 3.16. The number of fused-ring (bicyclic) bond motifs is 1. The van der Waals surface area contributed by atoms with E-state index in [2.05, 4.69) is 58.0 Å². The van der Waals surface area contributed by atoms with E-state index in [0.29, 0.717) is 0 Å². The van der Waals surface area contributed by atoms with Crippen LogP contribution in [0.3, 0.4) is 0 Å². The fourth-order valence-electron chi connectivity index (χ4n) is 3.11. The number of hydrogen-bond donors (Lipinski definition) is 1. The molecule has 3 aromatic rings. The molecule has 22 heavy (non-hydrogen) atoms. The molecular formula is C18H19N3S. The van der Waals surface area contributed by atoms with E-state index in [0.717, 1.165) is 24.3 Å². The van der Waals surface area contributed by atoms with Gasteiger partial charge in [-0.2, -0.15) is 16.4 Å². The number of aromatic nitrogens is 2. The predicted molar refractivity (Wildman–Crippen MR) is 93.0 cm³/mol. The predicted octanol–water partition coefficient (Wildman–Crippen LogP) is 4.66. The van der Waals surface area contributed by atoms with Crippen molar-refractivity contribution in [1.29, 1.82) is 0 Å². The van der Waals surface area contributed by atoms with Gasteiger partial charge in [-0.3, -0.25) is 0 Å². The van der Waals surface area contributed by atoms with Gasteiger partial charge in [-0.05, 0) is 49.3 Å². The first-order valence-corrected chi connectivity index (χ1v) is 8.73. The number of aryl methyl sites for hydroxylation is 1. The zero-order valence-electron chi connectivity index (χ0n) is 12.7. The summed E-state index contributed by atoms with van der Waals surface area (Å²) in [5.41, 5.74) is 6.13. The zero-order chi connectivity index (χ0) is 14.9. The number of nitrogens with one attached hydrogen (secondary N) is 1. The summed E-state index contributed by atoms with van der Waals surface area (Å²) in [6.07, 6.45) is 3.53. The maximum absolute atomic E-state index is 4.97. The summed E-state index contributed by atoms with van der Waals surface area (Å²) < 4.78 is 2.10. The highest BCUT2D eigenvalue weighted by molar-refractivity contribution is 7.08. The number of benzene rings is 1. The Balaban J connectivity index is 1.94. The number of anilines is 1. The Morgan fingerprint density at radius 2 is 2.09 bits per heavy atom. The molecule has 0 radical (unpaired) electrons. The molecule has 0 atom stereocenters. The van der Waals surface area contributed by atoms with Crippen LogP contribution in [0, 0.1) is 6.92 Å². The van der Waals surface area contributed by atoms with Crippen molar-refractivity contribution in [3.63, 3.8) is 0 Å². The Hall–Kier alpha value is -2.07. The zero-order valence-corrected chi connectivity index (χ0v) is 13.5. The van der Waals surface area contributed by atoms with E-state index in [4.69, 9.17) is 5.10 Å². The number of hydrogen-bond acceptors (Lipinski definition) is 3. The number of nitrogens with zero attached hydrogens (tertiary/aromatic N) is 2. The van der Waals surface area contributed by atoms with Crippen molar-refractivity contribution in [2.75, 3.05) is 11.9 Å². The number of rotatable bonds is 2. The van der Waals surface area contributed by atoms with Crippen LogP contribution in [-0.4, -0.2) is 16.3 Å². The van der Waals surface area contributed by atoms with E-state index >= 15 is 0 Å². The molecule has 0 amide bonds. The first-order chi connectivity index (χ1) is 10.8. The van der Waals surface area contributed by atoms with E-state index < -0.39 is 0 Å². The van der Waals surface area contributed by atoms with Crippen LogP contribution in [0.5, 0.6) is 0 Å². The summed E-state index contributed by atoms with van der Waals surface area (Å²) in [5, 5.41) is 12.9. The minimum Gasteiger partial charge on any atom is -0.370 e. The van der Waals surface area contributed by atoms with Crippen molar-refractivity contribution in [3.8, 4) is 16.9 Å². The highest BCUT2D eigenvalue weighted by Gasteiger charge is 2.22. The molecule has 2 aromatic heterocycles. The van der Waals surface area contributed by atoms with Gasteiger partial charge in [0.05, 0.1) is 11.4 Å². The second-order valence-corrected chi connectivity index (χ2v) is 6.55. The Kier molecular flexibility index (Phi) is 3.47. The molecule has 112 valence electrons. The third-order valence-corrected chi connectivity index (χ3v) is 4.95. The topological polar surface area (TPSA) is 29.9 Å². The number of thiophene rings is 1. The normalized spacial score (nSPS) is 14.2. The Bertz CT molecular complexity index is 787. The molecule has 1 N–H and O–H groups in total. The van der Waals surface area contributed by atoms with E-state index in [-0.39, 0.29) is 0 Å². The van der Waals surface area contributed by atoms with Crippen LogP contribution in [0.1, 0.15) is 24.0 Å². The number of para-hydroxylation sites is 1. The lowest BCUT2D eigenvalue weighted by Crippen LogP contribution is -2.08. The van der Waals surface area contributed by atoms with Crippen LogP contribution in [0.15, 0.2) is 41.1 Å². The lowest BCUT2D eigenvalue weighted by molar-refractivity contribution is 0.779. The summed E-state index contributed by atoms with van der Waals surface area (Å²) >= 11 is 1.73. The van der Waals surface area contributed by atoms with Crippen molar-refractivity contribution >= 4 is 17.2 Å². The van der Waals surface area contributed by atoms with Crippen molar-refractivity contribution < 1.29 is 0 Å². The van der Waals surface area contributed by atoms with Gasteiger partial charge in [-0.15, -0.1) is 0 Å². The average Bonchev–Trinajstić information content (AvgIpc) is 3.10. The fourth-order valence-corrected chi connectivity index (χ4v) is 3.75. The molecule has 1 aliphatic rings. The van der Waals surface area contributed by atoms with E-state index in [1.54, 1.807) is 11.3 Å². The molecule has 4 heteroatoms. The molecule has 3 nitrogen and oxygen atoms in total. The van der Waals surface area contributed by atoms with E-state index in [1.807, 2.05) is 0 Å². The van der Waals surface area contributed by atoms with Gasteiger partial charge in [-0.1, -0.05) is 18.2 Å². The monoisotopic (exact) mass is 309 g/mol. The molecule has 1 aromatic carbocycles. The largest absolute Gasteiger partial charge is 0.370 e. The second kappa shape index (κ2) is 5.61. The van der Waals surface area contributed by atoms with Gasteiger partial charge in [0.2, 0.25) is 0 Å². The Labute approximate surface area is 134 Å².